The lowest BCUT2D eigenvalue weighted by Crippen LogP contribution is -2.39. The van der Waals surface area contributed by atoms with Crippen molar-refractivity contribution in [3.8, 4) is 0 Å². The van der Waals surface area contributed by atoms with Gasteiger partial charge in [0.05, 0.1) is 0 Å². The minimum atomic E-state index is -4.29. The number of aromatic amines is 1. The highest BCUT2D eigenvalue weighted by molar-refractivity contribution is 5.98. The fraction of sp³-hybridized carbons (Fsp3) is 0.409. The molecule has 0 bridgehead atoms. The highest BCUT2D eigenvalue weighted by atomic mass is 19.4. The summed E-state index contributed by atoms with van der Waals surface area (Å²) in [5.41, 5.74) is 1.47. The van der Waals surface area contributed by atoms with E-state index in [1.807, 2.05) is 36.4 Å². The summed E-state index contributed by atoms with van der Waals surface area (Å²) in [5.74, 6) is -0.330. The molecule has 6 heteroatoms. The van der Waals surface area contributed by atoms with Crippen LogP contribution in [0.15, 0.2) is 53.6 Å². The van der Waals surface area contributed by atoms with E-state index < -0.39 is 6.18 Å². The molecule has 1 aliphatic heterocycles. The molecule has 4 rings (SSSR count). The summed E-state index contributed by atoms with van der Waals surface area (Å²) < 4.78 is 40.5. The van der Waals surface area contributed by atoms with Crippen LogP contribution < -0.4 is 0 Å². The summed E-state index contributed by atoms with van der Waals surface area (Å²) in [7, 11) is 0. The first-order chi connectivity index (χ1) is 13.3. The molecule has 2 aliphatic rings. The number of nitrogens with one attached hydrogen (secondary N) is 1. The summed E-state index contributed by atoms with van der Waals surface area (Å²) >= 11 is 0. The normalized spacial score (nSPS) is 21.6. The predicted molar refractivity (Wildman–Crippen MR) is 103 cm³/mol. The molecule has 3 nitrogen and oxygen atoms in total. The van der Waals surface area contributed by atoms with Crippen molar-refractivity contribution in [1.82, 2.24) is 9.88 Å². The number of fused-ring (bicyclic) bond motifs is 1. The van der Waals surface area contributed by atoms with Gasteiger partial charge in [-0.2, -0.15) is 13.2 Å². The third kappa shape index (κ3) is 3.60. The van der Waals surface area contributed by atoms with Crippen LogP contribution in [-0.4, -0.2) is 35.1 Å². The number of benzene rings is 1. The molecule has 1 aliphatic carbocycles. The van der Waals surface area contributed by atoms with Crippen molar-refractivity contribution in [1.29, 1.82) is 0 Å². The zero-order valence-electron chi connectivity index (χ0n) is 15.7. The number of carbonyl (C=O) groups excluding carboxylic acids is 1. The minimum absolute atomic E-state index is 0.0452. The van der Waals surface area contributed by atoms with E-state index in [0.29, 0.717) is 37.2 Å². The fourth-order valence-corrected chi connectivity index (χ4v) is 4.29. The van der Waals surface area contributed by atoms with Gasteiger partial charge >= 0.3 is 6.18 Å². The van der Waals surface area contributed by atoms with E-state index in [9.17, 15) is 18.0 Å². The Bertz CT molecular complexity index is 913. The van der Waals surface area contributed by atoms with Gasteiger partial charge in [0.25, 0.3) is 5.91 Å². The van der Waals surface area contributed by atoms with Gasteiger partial charge in [0, 0.05) is 29.6 Å². The largest absolute Gasteiger partial charge is 0.412 e. The SMILES string of the molecule is CC1C=CC(C2CCN(C(=O)c3cc4ccccc4[nH]3)CC2)=C(C(F)(F)F)C1. The van der Waals surface area contributed by atoms with Gasteiger partial charge in [0.1, 0.15) is 5.69 Å². The van der Waals surface area contributed by atoms with E-state index >= 15 is 0 Å². The maximum atomic E-state index is 13.5. The summed E-state index contributed by atoms with van der Waals surface area (Å²) in [5, 5.41) is 0.974. The Hall–Kier alpha value is -2.50. The molecule has 1 fully saturated rings. The van der Waals surface area contributed by atoms with Crippen molar-refractivity contribution in [2.45, 2.75) is 32.4 Å². The number of likely N-dealkylation sites (tertiary alicyclic amines) is 1. The predicted octanol–water partition coefficient (Wildman–Crippen LogP) is 5.48. The molecule has 1 aromatic heterocycles. The Kier molecular flexibility index (Phi) is 4.81. The number of nitrogens with zero attached hydrogens (tertiary/aromatic N) is 1. The monoisotopic (exact) mass is 388 g/mol. The minimum Gasteiger partial charge on any atom is -0.351 e. The Morgan fingerprint density at radius 1 is 1.18 bits per heavy atom. The van der Waals surface area contributed by atoms with E-state index in [4.69, 9.17) is 0 Å². The first-order valence-corrected chi connectivity index (χ1v) is 9.68. The molecular weight excluding hydrogens is 365 g/mol. The molecule has 0 saturated carbocycles. The van der Waals surface area contributed by atoms with Crippen LogP contribution in [0.2, 0.25) is 0 Å². The van der Waals surface area contributed by atoms with Gasteiger partial charge < -0.3 is 9.88 Å². The molecule has 1 saturated heterocycles. The van der Waals surface area contributed by atoms with Gasteiger partial charge in [0.15, 0.2) is 0 Å². The molecule has 1 amide bonds. The fourth-order valence-electron chi connectivity index (χ4n) is 4.29. The average Bonchev–Trinajstić information content (AvgIpc) is 3.11. The van der Waals surface area contributed by atoms with Crippen LogP contribution in [0.5, 0.6) is 0 Å². The topological polar surface area (TPSA) is 36.1 Å². The van der Waals surface area contributed by atoms with Gasteiger partial charge in [-0.1, -0.05) is 37.3 Å². The summed E-state index contributed by atoms with van der Waals surface area (Å²) in [4.78, 5) is 17.7. The number of para-hydroxylation sites is 1. The van der Waals surface area contributed by atoms with E-state index in [-0.39, 0.29) is 29.7 Å². The lowest BCUT2D eigenvalue weighted by atomic mass is 9.80. The number of allylic oxidation sites excluding steroid dienone is 4. The van der Waals surface area contributed by atoms with Crippen molar-refractivity contribution in [3.05, 3.63) is 59.3 Å². The number of rotatable bonds is 2. The maximum absolute atomic E-state index is 13.5. The van der Waals surface area contributed by atoms with Crippen molar-refractivity contribution < 1.29 is 18.0 Å². The second kappa shape index (κ2) is 7.15. The number of carbonyl (C=O) groups is 1. The molecule has 148 valence electrons. The second-order valence-electron chi connectivity index (χ2n) is 7.81. The third-order valence-corrected chi connectivity index (χ3v) is 5.80. The molecule has 2 heterocycles. The van der Waals surface area contributed by atoms with Crippen LogP contribution in [0.4, 0.5) is 13.2 Å². The number of hydrogen-bond acceptors (Lipinski definition) is 1. The molecule has 28 heavy (non-hydrogen) atoms. The van der Waals surface area contributed by atoms with E-state index in [2.05, 4.69) is 4.98 Å². The molecule has 1 aromatic carbocycles. The Labute approximate surface area is 161 Å². The molecule has 0 radical (unpaired) electrons. The van der Waals surface area contributed by atoms with Crippen LogP contribution in [-0.2, 0) is 0 Å². The smallest absolute Gasteiger partial charge is 0.351 e. The van der Waals surface area contributed by atoms with Crippen molar-refractivity contribution >= 4 is 16.8 Å². The Morgan fingerprint density at radius 3 is 2.57 bits per heavy atom. The summed E-state index contributed by atoms with van der Waals surface area (Å²) in [6.07, 6.45) is 0.401. The maximum Gasteiger partial charge on any atom is 0.412 e. The van der Waals surface area contributed by atoms with Crippen LogP contribution in [0, 0.1) is 11.8 Å². The van der Waals surface area contributed by atoms with Crippen molar-refractivity contribution in [2.75, 3.05) is 13.1 Å². The highest BCUT2D eigenvalue weighted by Crippen LogP contribution is 2.41. The second-order valence-corrected chi connectivity index (χ2v) is 7.81. The van der Waals surface area contributed by atoms with Crippen molar-refractivity contribution in [3.63, 3.8) is 0 Å². The van der Waals surface area contributed by atoms with Gasteiger partial charge in [-0.05, 0) is 48.8 Å². The number of hydrogen-bond donors (Lipinski definition) is 1. The highest BCUT2D eigenvalue weighted by Gasteiger charge is 2.39. The van der Waals surface area contributed by atoms with E-state index in [1.54, 1.807) is 17.9 Å². The number of H-pyrrole nitrogens is 1. The Balaban J connectivity index is 1.48. The van der Waals surface area contributed by atoms with E-state index in [0.717, 1.165) is 10.9 Å². The van der Waals surface area contributed by atoms with Crippen LogP contribution in [0.3, 0.4) is 0 Å². The number of amides is 1. The molecule has 1 N–H and O–H groups in total. The lowest BCUT2D eigenvalue weighted by Gasteiger charge is -2.35. The van der Waals surface area contributed by atoms with Gasteiger partial charge in [-0.15, -0.1) is 0 Å². The quantitative estimate of drug-likeness (QED) is 0.727. The summed E-state index contributed by atoms with van der Waals surface area (Å²) in [6.45, 7) is 2.74. The zero-order valence-corrected chi connectivity index (χ0v) is 15.7. The van der Waals surface area contributed by atoms with Gasteiger partial charge in [-0.25, -0.2) is 0 Å². The lowest BCUT2D eigenvalue weighted by molar-refractivity contribution is -0.0963. The number of alkyl halides is 3. The molecule has 1 unspecified atom stereocenters. The first-order valence-electron chi connectivity index (χ1n) is 9.68. The number of piperidine rings is 1. The third-order valence-electron chi connectivity index (χ3n) is 5.80. The van der Waals surface area contributed by atoms with Crippen LogP contribution in [0.1, 0.15) is 36.7 Å². The van der Waals surface area contributed by atoms with E-state index in [1.165, 1.54) is 0 Å². The Morgan fingerprint density at radius 2 is 1.89 bits per heavy atom. The van der Waals surface area contributed by atoms with Gasteiger partial charge in [-0.3, -0.25) is 4.79 Å². The zero-order chi connectivity index (χ0) is 19.9. The number of aromatic nitrogens is 1. The standard InChI is InChI=1S/C22H23F3N2O/c1-14-6-7-17(18(12-14)22(23,24)25)15-8-10-27(11-9-15)21(28)20-13-16-4-2-3-5-19(16)26-20/h2-7,13-15,26H,8-12H2,1H3. The molecule has 0 spiro atoms. The van der Waals surface area contributed by atoms with Crippen LogP contribution >= 0.6 is 0 Å². The molecule has 2 aromatic rings. The molecule has 1 atom stereocenters. The average molecular weight is 388 g/mol. The number of halogens is 3. The van der Waals surface area contributed by atoms with Crippen molar-refractivity contribution in [2.24, 2.45) is 11.8 Å². The van der Waals surface area contributed by atoms with Crippen LogP contribution in [0.25, 0.3) is 10.9 Å². The van der Waals surface area contributed by atoms with Gasteiger partial charge in [0.2, 0.25) is 0 Å². The molecular formula is C22H23F3N2O. The first kappa shape index (κ1) is 18.8. The summed E-state index contributed by atoms with van der Waals surface area (Å²) in [6, 6.07) is 9.51.